The van der Waals surface area contributed by atoms with Crippen molar-refractivity contribution in [2.45, 2.75) is 25.5 Å². The molecule has 1 fully saturated rings. The number of hydrogen-bond donors (Lipinski definition) is 1. The lowest BCUT2D eigenvalue weighted by atomic mass is 10.0. The summed E-state index contributed by atoms with van der Waals surface area (Å²) >= 11 is 0. The van der Waals surface area contributed by atoms with Gasteiger partial charge in [0.05, 0.1) is 17.7 Å². The van der Waals surface area contributed by atoms with Crippen molar-refractivity contribution in [1.29, 1.82) is 0 Å². The molecule has 22 heavy (non-hydrogen) atoms. The molecule has 1 aliphatic heterocycles. The molecule has 1 saturated heterocycles. The summed E-state index contributed by atoms with van der Waals surface area (Å²) in [7, 11) is 0. The summed E-state index contributed by atoms with van der Waals surface area (Å²) < 4.78 is 31.6. The number of aliphatic hydroxyl groups is 1. The van der Waals surface area contributed by atoms with Crippen LogP contribution in [0, 0.1) is 18.6 Å². The molecule has 116 valence electrons. The number of β-amino-alcohol motifs (C(OH)–C–C–N with tert-alkyl or cyclic N) is 1. The maximum Gasteiger partial charge on any atom is 0.257 e. The number of benzene rings is 1. The number of likely N-dealkylation sites (tertiary alicyclic amines) is 1. The minimum Gasteiger partial charge on any atom is -0.469 e. The molecule has 2 heterocycles. The Hall–Kier alpha value is -2.21. The summed E-state index contributed by atoms with van der Waals surface area (Å²) in [6, 6.07) is 4.64. The molecule has 1 aromatic carbocycles. The third-order valence-electron chi connectivity index (χ3n) is 3.85. The Balaban J connectivity index is 1.91. The first kappa shape index (κ1) is 14.7. The SMILES string of the molecule is Cc1cc(C(=O)N2C[C@H](O)C[C@H]2c2ccc(F)c(F)c2)co1. The molecule has 1 aromatic heterocycles. The Morgan fingerprint density at radius 3 is 2.73 bits per heavy atom. The molecule has 4 nitrogen and oxygen atoms in total. The largest absolute Gasteiger partial charge is 0.469 e. The van der Waals surface area contributed by atoms with Crippen LogP contribution < -0.4 is 0 Å². The molecule has 6 heteroatoms. The molecule has 0 spiro atoms. The molecule has 3 rings (SSSR count). The lowest BCUT2D eigenvalue weighted by Crippen LogP contribution is -2.31. The molecule has 0 bridgehead atoms. The van der Waals surface area contributed by atoms with E-state index in [0.29, 0.717) is 16.9 Å². The first-order valence-corrected chi connectivity index (χ1v) is 6.95. The fraction of sp³-hybridized carbons (Fsp3) is 0.312. The molecular weight excluding hydrogens is 292 g/mol. The lowest BCUT2D eigenvalue weighted by molar-refractivity contribution is 0.0715. The summed E-state index contributed by atoms with van der Waals surface area (Å²) in [6.45, 7) is 1.87. The highest BCUT2D eigenvalue weighted by Crippen LogP contribution is 2.34. The van der Waals surface area contributed by atoms with E-state index in [1.807, 2.05) is 0 Å². The van der Waals surface area contributed by atoms with Crippen LogP contribution in [0.4, 0.5) is 8.78 Å². The number of rotatable bonds is 2. The van der Waals surface area contributed by atoms with Crippen LogP contribution in [0.25, 0.3) is 0 Å². The van der Waals surface area contributed by atoms with E-state index in [4.69, 9.17) is 4.42 Å². The second-order valence-corrected chi connectivity index (χ2v) is 5.48. The lowest BCUT2D eigenvalue weighted by Gasteiger charge is -2.24. The third kappa shape index (κ3) is 2.62. The van der Waals surface area contributed by atoms with Crippen LogP contribution >= 0.6 is 0 Å². The molecule has 1 aliphatic rings. The van der Waals surface area contributed by atoms with Gasteiger partial charge in [-0.3, -0.25) is 4.79 Å². The number of aryl methyl sites for hydroxylation is 1. The van der Waals surface area contributed by atoms with E-state index in [-0.39, 0.29) is 18.9 Å². The quantitative estimate of drug-likeness (QED) is 0.928. The highest BCUT2D eigenvalue weighted by atomic mass is 19.2. The van der Waals surface area contributed by atoms with Gasteiger partial charge in [-0.15, -0.1) is 0 Å². The minimum absolute atomic E-state index is 0.146. The molecule has 2 aromatic rings. The van der Waals surface area contributed by atoms with Gasteiger partial charge in [-0.05, 0) is 37.1 Å². The zero-order valence-electron chi connectivity index (χ0n) is 11.9. The van der Waals surface area contributed by atoms with Gasteiger partial charge in [0.15, 0.2) is 11.6 Å². The monoisotopic (exact) mass is 307 g/mol. The fourth-order valence-electron chi connectivity index (χ4n) is 2.80. The van der Waals surface area contributed by atoms with Crippen molar-refractivity contribution < 1.29 is 23.1 Å². The van der Waals surface area contributed by atoms with Crippen LogP contribution in [0.5, 0.6) is 0 Å². The Morgan fingerprint density at radius 1 is 1.32 bits per heavy atom. The topological polar surface area (TPSA) is 53.7 Å². The van der Waals surface area contributed by atoms with Gasteiger partial charge in [-0.2, -0.15) is 0 Å². The summed E-state index contributed by atoms with van der Waals surface area (Å²) in [5, 5.41) is 9.87. The van der Waals surface area contributed by atoms with E-state index >= 15 is 0 Å². The molecular formula is C16H15F2NO3. The Morgan fingerprint density at radius 2 is 2.09 bits per heavy atom. The zero-order chi connectivity index (χ0) is 15.9. The third-order valence-corrected chi connectivity index (χ3v) is 3.85. The maximum atomic E-state index is 13.4. The van der Waals surface area contributed by atoms with Gasteiger partial charge in [-0.25, -0.2) is 8.78 Å². The number of nitrogens with zero attached hydrogens (tertiary/aromatic N) is 1. The van der Waals surface area contributed by atoms with Crippen molar-refractivity contribution in [3.63, 3.8) is 0 Å². The predicted molar refractivity (Wildman–Crippen MR) is 74.2 cm³/mol. The number of carbonyl (C=O) groups excluding carboxylic acids is 1. The Labute approximate surface area is 126 Å². The molecule has 2 atom stereocenters. The van der Waals surface area contributed by atoms with Gasteiger partial charge in [0.1, 0.15) is 12.0 Å². The summed E-state index contributed by atoms with van der Waals surface area (Å²) in [5.41, 5.74) is 0.836. The number of amides is 1. The maximum absolute atomic E-state index is 13.4. The fourth-order valence-corrected chi connectivity index (χ4v) is 2.80. The molecule has 1 N–H and O–H groups in total. The highest BCUT2D eigenvalue weighted by molar-refractivity contribution is 5.94. The van der Waals surface area contributed by atoms with Crippen LogP contribution in [0.15, 0.2) is 34.9 Å². The second-order valence-electron chi connectivity index (χ2n) is 5.48. The van der Waals surface area contributed by atoms with E-state index in [1.165, 1.54) is 17.2 Å². The van der Waals surface area contributed by atoms with Crippen molar-refractivity contribution in [3.8, 4) is 0 Å². The second kappa shape index (κ2) is 5.53. The van der Waals surface area contributed by atoms with Crippen molar-refractivity contribution in [1.82, 2.24) is 4.90 Å². The molecule has 0 aliphatic carbocycles. The smallest absolute Gasteiger partial charge is 0.257 e. The van der Waals surface area contributed by atoms with Gasteiger partial charge >= 0.3 is 0 Å². The van der Waals surface area contributed by atoms with Crippen molar-refractivity contribution in [2.24, 2.45) is 0 Å². The van der Waals surface area contributed by atoms with E-state index in [2.05, 4.69) is 0 Å². The normalized spacial score (nSPS) is 21.4. The van der Waals surface area contributed by atoms with Crippen LogP contribution in [-0.2, 0) is 0 Å². The molecule has 1 amide bonds. The van der Waals surface area contributed by atoms with E-state index in [1.54, 1.807) is 13.0 Å². The Bertz CT molecular complexity index is 713. The molecule has 0 unspecified atom stereocenters. The molecule has 0 radical (unpaired) electrons. The number of hydrogen-bond acceptors (Lipinski definition) is 3. The van der Waals surface area contributed by atoms with Gasteiger partial charge in [0.2, 0.25) is 0 Å². The van der Waals surface area contributed by atoms with E-state index in [9.17, 15) is 18.7 Å². The van der Waals surface area contributed by atoms with Crippen molar-refractivity contribution >= 4 is 5.91 Å². The Kier molecular flexibility index (Phi) is 3.70. The van der Waals surface area contributed by atoms with Crippen LogP contribution in [0.1, 0.15) is 34.1 Å². The van der Waals surface area contributed by atoms with E-state index in [0.717, 1.165) is 12.1 Å². The molecule has 0 saturated carbocycles. The average molecular weight is 307 g/mol. The predicted octanol–water partition coefficient (Wildman–Crippen LogP) is 2.81. The highest BCUT2D eigenvalue weighted by Gasteiger charge is 2.36. The number of furan rings is 1. The standard InChI is InChI=1S/C16H15F2NO3/c1-9-4-11(8-22-9)16(21)19-7-12(20)6-15(19)10-2-3-13(17)14(18)5-10/h2-5,8,12,15,20H,6-7H2,1H3/t12-,15+/m1/s1. The summed E-state index contributed by atoms with van der Waals surface area (Å²) in [6.07, 6.45) is 0.938. The number of halogens is 2. The average Bonchev–Trinajstić information content (AvgIpc) is 3.07. The van der Waals surface area contributed by atoms with Crippen LogP contribution in [-0.4, -0.2) is 28.6 Å². The van der Waals surface area contributed by atoms with Gasteiger partial charge in [0, 0.05) is 6.54 Å². The van der Waals surface area contributed by atoms with Gasteiger partial charge < -0.3 is 14.4 Å². The van der Waals surface area contributed by atoms with E-state index < -0.39 is 23.8 Å². The van der Waals surface area contributed by atoms with Crippen LogP contribution in [0.3, 0.4) is 0 Å². The first-order chi connectivity index (χ1) is 10.5. The number of aliphatic hydroxyl groups excluding tert-OH is 1. The summed E-state index contributed by atoms with van der Waals surface area (Å²) in [4.78, 5) is 14.0. The zero-order valence-corrected chi connectivity index (χ0v) is 11.9. The van der Waals surface area contributed by atoms with Crippen molar-refractivity contribution in [3.05, 3.63) is 59.1 Å². The first-order valence-electron chi connectivity index (χ1n) is 6.95. The summed E-state index contributed by atoms with van der Waals surface area (Å²) in [5.74, 6) is -1.60. The minimum atomic E-state index is -0.967. The van der Waals surface area contributed by atoms with Crippen LogP contribution in [0.2, 0.25) is 0 Å². The van der Waals surface area contributed by atoms with Crippen molar-refractivity contribution in [2.75, 3.05) is 6.54 Å². The van der Waals surface area contributed by atoms with Gasteiger partial charge in [0.25, 0.3) is 5.91 Å². The van der Waals surface area contributed by atoms with Gasteiger partial charge in [-0.1, -0.05) is 6.07 Å². The number of carbonyl (C=O) groups is 1.